The van der Waals surface area contributed by atoms with Crippen molar-refractivity contribution in [2.45, 2.75) is 39.3 Å². The van der Waals surface area contributed by atoms with E-state index in [4.69, 9.17) is 9.84 Å². The first kappa shape index (κ1) is 22.1. The number of carboxylic acid groups (broad SMARTS) is 1. The van der Waals surface area contributed by atoms with Crippen molar-refractivity contribution in [2.24, 2.45) is 0 Å². The molecule has 146 valence electrons. The third-order valence-corrected chi connectivity index (χ3v) is 4.82. The lowest BCUT2D eigenvalue weighted by Crippen LogP contribution is -2.40. The fourth-order valence-corrected chi connectivity index (χ4v) is 3.09. The van der Waals surface area contributed by atoms with Crippen LogP contribution in [0.5, 0.6) is 0 Å². The molecule has 1 aromatic carbocycles. The highest BCUT2D eigenvalue weighted by atomic mass is 32.2. The van der Waals surface area contributed by atoms with Crippen molar-refractivity contribution >= 4 is 21.9 Å². The molecule has 1 rings (SSSR count). The number of carboxylic acids is 1. The lowest BCUT2D eigenvalue weighted by molar-refractivity contribution is -0.137. The number of carbonyl (C=O) groups excluding carboxylic acids is 1. The summed E-state index contributed by atoms with van der Waals surface area (Å²) in [5, 5.41) is 11.6. The van der Waals surface area contributed by atoms with Gasteiger partial charge in [-0.15, -0.1) is 0 Å². The van der Waals surface area contributed by atoms with E-state index in [1.807, 2.05) is 19.1 Å². The molecule has 0 heterocycles. The summed E-state index contributed by atoms with van der Waals surface area (Å²) in [6, 6.07) is 6.37. The molecule has 1 aromatic rings. The van der Waals surface area contributed by atoms with Gasteiger partial charge in [0.05, 0.1) is 37.5 Å². The molecule has 0 aromatic heterocycles. The average molecular weight is 386 g/mol. The summed E-state index contributed by atoms with van der Waals surface area (Å²) in [7, 11) is -3.66. The van der Waals surface area contributed by atoms with E-state index < -0.39 is 34.5 Å². The number of aliphatic carboxylic acids is 1. The molecule has 26 heavy (non-hydrogen) atoms. The van der Waals surface area contributed by atoms with Crippen molar-refractivity contribution in [1.29, 1.82) is 0 Å². The summed E-state index contributed by atoms with van der Waals surface area (Å²) >= 11 is 0. The Morgan fingerprint density at radius 3 is 2.46 bits per heavy atom. The van der Waals surface area contributed by atoms with Gasteiger partial charge in [-0.25, -0.2) is 13.1 Å². The maximum Gasteiger partial charge on any atom is 0.305 e. The van der Waals surface area contributed by atoms with Gasteiger partial charge in [0, 0.05) is 0 Å². The Morgan fingerprint density at radius 1 is 1.23 bits per heavy atom. The van der Waals surface area contributed by atoms with Crippen LogP contribution in [0, 0.1) is 6.92 Å². The van der Waals surface area contributed by atoms with Crippen LogP contribution in [-0.4, -0.2) is 50.4 Å². The van der Waals surface area contributed by atoms with Crippen molar-refractivity contribution < 1.29 is 27.9 Å². The molecule has 0 aliphatic carbocycles. The fraction of sp³-hybridized carbons (Fsp3) is 0.529. The Hall–Kier alpha value is -1.97. The molecule has 0 bridgehead atoms. The van der Waals surface area contributed by atoms with Gasteiger partial charge in [-0.3, -0.25) is 9.59 Å². The Bertz CT molecular complexity index is 718. The standard InChI is InChI=1S/C17H26N2O6S/c1-12(2)25-8-9-26(23,24)18-11-16(20)19-15(10-17(21)22)14-7-5-4-6-13(14)3/h4-7,12,15,18H,8-11H2,1-3H3,(H,19,20)(H,21,22). The van der Waals surface area contributed by atoms with Crippen LogP contribution in [-0.2, 0) is 24.3 Å². The minimum absolute atomic E-state index is 0.0273. The lowest BCUT2D eigenvalue weighted by Gasteiger charge is -2.19. The van der Waals surface area contributed by atoms with Crippen LogP contribution in [0.15, 0.2) is 24.3 Å². The van der Waals surface area contributed by atoms with Crippen LogP contribution in [0.25, 0.3) is 0 Å². The van der Waals surface area contributed by atoms with Crippen LogP contribution < -0.4 is 10.0 Å². The van der Waals surface area contributed by atoms with E-state index in [2.05, 4.69) is 10.0 Å². The fourth-order valence-electron chi connectivity index (χ4n) is 2.28. The number of rotatable bonds is 11. The van der Waals surface area contributed by atoms with Gasteiger partial charge in [0.15, 0.2) is 0 Å². The van der Waals surface area contributed by atoms with Crippen LogP contribution in [0.3, 0.4) is 0 Å². The van der Waals surface area contributed by atoms with E-state index >= 15 is 0 Å². The van der Waals surface area contributed by atoms with Gasteiger partial charge in [0.25, 0.3) is 0 Å². The Balaban J connectivity index is 2.64. The number of nitrogens with one attached hydrogen (secondary N) is 2. The molecular formula is C17H26N2O6S. The highest BCUT2D eigenvalue weighted by Gasteiger charge is 2.20. The molecule has 3 N–H and O–H groups in total. The second-order valence-electron chi connectivity index (χ2n) is 6.13. The number of sulfonamides is 1. The summed E-state index contributed by atoms with van der Waals surface area (Å²) in [4.78, 5) is 23.2. The quantitative estimate of drug-likeness (QED) is 0.521. The summed E-state index contributed by atoms with van der Waals surface area (Å²) < 4.78 is 31.0. The zero-order valence-corrected chi connectivity index (χ0v) is 16.0. The molecular weight excluding hydrogens is 360 g/mol. The van der Waals surface area contributed by atoms with Gasteiger partial charge in [-0.05, 0) is 31.9 Å². The number of benzene rings is 1. The highest BCUT2D eigenvalue weighted by molar-refractivity contribution is 7.89. The number of hydrogen-bond donors (Lipinski definition) is 3. The van der Waals surface area contributed by atoms with E-state index in [-0.39, 0.29) is 24.9 Å². The summed E-state index contributed by atoms with van der Waals surface area (Å²) in [5.41, 5.74) is 1.52. The topological polar surface area (TPSA) is 122 Å². The molecule has 0 fully saturated rings. The lowest BCUT2D eigenvalue weighted by atomic mass is 9.99. The normalized spacial score (nSPS) is 12.8. The molecule has 1 atom stereocenters. The minimum Gasteiger partial charge on any atom is -0.481 e. The molecule has 0 aliphatic heterocycles. The van der Waals surface area contributed by atoms with Crippen LogP contribution in [0.1, 0.15) is 37.4 Å². The summed E-state index contributed by atoms with van der Waals surface area (Å²) in [5.74, 6) is -1.92. The smallest absolute Gasteiger partial charge is 0.305 e. The molecule has 9 heteroatoms. The molecule has 0 radical (unpaired) electrons. The maximum absolute atomic E-state index is 12.1. The predicted molar refractivity (Wildman–Crippen MR) is 97.2 cm³/mol. The first-order valence-corrected chi connectivity index (χ1v) is 9.91. The van der Waals surface area contributed by atoms with Gasteiger partial charge < -0.3 is 15.2 Å². The first-order valence-electron chi connectivity index (χ1n) is 8.26. The molecule has 0 aliphatic rings. The van der Waals surface area contributed by atoms with Crippen molar-refractivity contribution in [3.8, 4) is 0 Å². The minimum atomic E-state index is -3.66. The molecule has 1 unspecified atom stereocenters. The highest BCUT2D eigenvalue weighted by Crippen LogP contribution is 2.20. The number of hydrogen-bond acceptors (Lipinski definition) is 5. The van der Waals surface area contributed by atoms with E-state index in [1.54, 1.807) is 26.0 Å². The monoisotopic (exact) mass is 386 g/mol. The maximum atomic E-state index is 12.1. The summed E-state index contributed by atoms with van der Waals surface area (Å²) in [6.45, 7) is 4.96. The van der Waals surface area contributed by atoms with E-state index in [1.165, 1.54) is 0 Å². The molecule has 0 saturated carbocycles. The Morgan fingerprint density at radius 2 is 1.88 bits per heavy atom. The van der Waals surface area contributed by atoms with E-state index in [0.29, 0.717) is 5.56 Å². The third-order valence-electron chi connectivity index (χ3n) is 3.53. The van der Waals surface area contributed by atoms with Gasteiger partial charge in [-0.1, -0.05) is 24.3 Å². The number of ether oxygens (including phenoxy) is 1. The Labute approximate surface area is 154 Å². The third kappa shape index (κ3) is 8.41. The first-order chi connectivity index (χ1) is 12.1. The second-order valence-corrected chi connectivity index (χ2v) is 8.06. The molecule has 1 amide bonds. The van der Waals surface area contributed by atoms with Crippen LogP contribution >= 0.6 is 0 Å². The van der Waals surface area contributed by atoms with Crippen LogP contribution in [0.4, 0.5) is 0 Å². The number of amides is 1. The van der Waals surface area contributed by atoms with Gasteiger partial charge in [0.1, 0.15) is 0 Å². The predicted octanol–water partition coefficient (Wildman–Crippen LogP) is 0.971. The van der Waals surface area contributed by atoms with E-state index in [9.17, 15) is 18.0 Å². The summed E-state index contributed by atoms with van der Waals surface area (Å²) in [6.07, 6.45) is -0.384. The SMILES string of the molecule is Cc1ccccc1C(CC(=O)O)NC(=O)CNS(=O)(=O)CCOC(C)C. The van der Waals surface area contributed by atoms with Crippen molar-refractivity contribution in [1.82, 2.24) is 10.0 Å². The molecule has 0 saturated heterocycles. The second kappa shape index (κ2) is 10.2. The van der Waals surface area contributed by atoms with Gasteiger partial charge in [-0.2, -0.15) is 0 Å². The Kier molecular flexibility index (Phi) is 8.70. The van der Waals surface area contributed by atoms with Gasteiger partial charge >= 0.3 is 5.97 Å². The number of aryl methyl sites for hydroxylation is 1. The van der Waals surface area contributed by atoms with Gasteiger partial charge in [0.2, 0.25) is 15.9 Å². The van der Waals surface area contributed by atoms with Crippen LogP contribution in [0.2, 0.25) is 0 Å². The van der Waals surface area contributed by atoms with Crippen molar-refractivity contribution in [3.63, 3.8) is 0 Å². The van der Waals surface area contributed by atoms with Crippen molar-refractivity contribution in [2.75, 3.05) is 18.9 Å². The largest absolute Gasteiger partial charge is 0.481 e. The zero-order valence-electron chi connectivity index (χ0n) is 15.2. The average Bonchev–Trinajstić information content (AvgIpc) is 2.52. The van der Waals surface area contributed by atoms with Crippen molar-refractivity contribution in [3.05, 3.63) is 35.4 Å². The molecule has 0 spiro atoms. The molecule has 8 nitrogen and oxygen atoms in total. The zero-order chi connectivity index (χ0) is 19.7. The van der Waals surface area contributed by atoms with E-state index in [0.717, 1.165) is 5.56 Å². The number of carbonyl (C=O) groups is 2.